The van der Waals surface area contributed by atoms with Gasteiger partial charge in [-0.2, -0.15) is 0 Å². The van der Waals surface area contributed by atoms with Gasteiger partial charge in [-0.25, -0.2) is 4.79 Å². The van der Waals surface area contributed by atoms with Gasteiger partial charge in [0, 0.05) is 6.42 Å². The number of amidine groups is 1. The summed E-state index contributed by atoms with van der Waals surface area (Å²) in [6.07, 6.45) is 1.95. The van der Waals surface area contributed by atoms with Gasteiger partial charge in [-0.05, 0) is 6.42 Å². The number of nitrogens with one attached hydrogen (secondary N) is 1. The Bertz CT molecular complexity index is 201. The van der Waals surface area contributed by atoms with Crippen LogP contribution in [0.5, 0.6) is 0 Å². The van der Waals surface area contributed by atoms with Crippen LogP contribution in [0.25, 0.3) is 0 Å². The topological polar surface area (TPSA) is 50.7 Å². The molecule has 4 heteroatoms. The maximum atomic E-state index is 11.0. The second-order valence-electron chi connectivity index (χ2n) is 2.76. The van der Waals surface area contributed by atoms with Crippen molar-refractivity contribution in [2.24, 2.45) is 4.99 Å². The van der Waals surface area contributed by atoms with Crippen molar-refractivity contribution in [1.82, 2.24) is 5.32 Å². The fraction of sp³-hybridized carbons (Fsp3) is 0.750. The number of rotatable bonds is 3. The summed E-state index contributed by atoms with van der Waals surface area (Å²) in [7, 11) is 1.39. The molecule has 0 radical (unpaired) electrons. The summed E-state index contributed by atoms with van der Waals surface area (Å²) in [5.74, 6) is 0.692. The van der Waals surface area contributed by atoms with E-state index in [0.717, 1.165) is 18.7 Å². The van der Waals surface area contributed by atoms with E-state index in [0.29, 0.717) is 6.54 Å². The summed E-state index contributed by atoms with van der Waals surface area (Å²) >= 11 is 0. The van der Waals surface area contributed by atoms with Crippen LogP contribution in [0.3, 0.4) is 0 Å². The average molecular weight is 170 g/mol. The van der Waals surface area contributed by atoms with Crippen LogP contribution in [0.4, 0.5) is 0 Å². The minimum absolute atomic E-state index is 0.232. The Hall–Kier alpha value is -1.06. The Morgan fingerprint density at radius 1 is 1.83 bits per heavy atom. The molecule has 1 rings (SSSR count). The van der Waals surface area contributed by atoms with Crippen molar-refractivity contribution in [3.8, 4) is 0 Å². The van der Waals surface area contributed by atoms with E-state index in [4.69, 9.17) is 0 Å². The normalized spacial score (nSPS) is 21.5. The molecule has 1 aliphatic heterocycles. The predicted molar refractivity (Wildman–Crippen MR) is 46.1 cm³/mol. The van der Waals surface area contributed by atoms with Gasteiger partial charge in [-0.3, -0.25) is 4.99 Å². The third-order valence-electron chi connectivity index (χ3n) is 1.78. The Morgan fingerprint density at radius 3 is 3.17 bits per heavy atom. The smallest absolute Gasteiger partial charge is 0.330 e. The van der Waals surface area contributed by atoms with Crippen molar-refractivity contribution in [3.05, 3.63) is 0 Å². The highest BCUT2D eigenvalue weighted by atomic mass is 16.5. The maximum Gasteiger partial charge on any atom is 0.330 e. The predicted octanol–water partition coefficient (Wildman–Crippen LogP) is 0.330. The Balaban J connectivity index is 2.36. The van der Waals surface area contributed by atoms with Gasteiger partial charge in [0.15, 0.2) is 0 Å². The van der Waals surface area contributed by atoms with Crippen LogP contribution in [0.1, 0.15) is 19.8 Å². The summed E-state index contributed by atoms with van der Waals surface area (Å²) in [6.45, 7) is 2.59. The molecule has 1 N–H and O–H groups in total. The number of aliphatic imine (C=N–C) groups is 1. The summed E-state index contributed by atoms with van der Waals surface area (Å²) in [6, 6.07) is -0.253. The molecule has 0 aliphatic carbocycles. The van der Waals surface area contributed by atoms with E-state index in [-0.39, 0.29) is 12.0 Å². The van der Waals surface area contributed by atoms with E-state index in [1.165, 1.54) is 7.11 Å². The lowest BCUT2D eigenvalue weighted by Crippen LogP contribution is -2.37. The van der Waals surface area contributed by atoms with Gasteiger partial charge < -0.3 is 10.1 Å². The summed E-state index contributed by atoms with van der Waals surface area (Å²) in [5.41, 5.74) is 0. The molecule has 12 heavy (non-hydrogen) atoms. The highest BCUT2D eigenvalue weighted by Crippen LogP contribution is 2.02. The van der Waals surface area contributed by atoms with Gasteiger partial charge in [-0.15, -0.1) is 0 Å². The summed E-state index contributed by atoms with van der Waals surface area (Å²) in [5, 5.41) is 3.02. The minimum Gasteiger partial charge on any atom is -0.467 e. The van der Waals surface area contributed by atoms with Gasteiger partial charge in [0.05, 0.1) is 19.5 Å². The van der Waals surface area contributed by atoms with E-state index >= 15 is 0 Å². The lowest BCUT2D eigenvalue weighted by Gasteiger charge is -2.08. The second-order valence-corrected chi connectivity index (χ2v) is 2.76. The van der Waals surface area contributed by atoms with Gasteiger partial charge in [0.25, 0.3) is 0 Å². The molecule has 1 unspecified atom stereocenters. The number of esters is 1. The van der Waals surface area contributed by atoms with E-state index in [9.17, 15) is 4.79 Å². The molecule has 0 bridgehead atoms. The van der Waals surface area contributed by atoms with Gasteiger partial charge in [0.1, 0.15) is 6.04 Å². The lowest BCUT2D eigenvalue weighted by atomic mass is 10.3. The molecule has 0 spiro atoms. The van der Waals surface area contributed by atoms with Crippen molar-refractivity contribution in [2.45, 2.75) is 25.8 Å². The van der Waals surface area contributed by atoms with E-state index in [1.54, 1.807) is 0 Å². The van der Waals surface area contributed by atoms with Crippen LogP contribution in [-0.4, -0.2) is 31.5 Å². The summed E-state index contributed by atoms with van der Waals surface area (Å²) < 4.78 is 4.59. The van der Waals surface area contributed by atoms with Crippen LogP contribution in [0.15, 0.2) is 4.99 Å². The SMILES string of the molecule is CCCC1=NCC(C(=O)OC)N1. The van der Waals surface area contributed by atoms with E-state index in [1.807, 2.05) is 0 Å². The molecule has 4 nitrogen and oxygen atoms in total. The van der Waals surface area contributed by atoms with Crippen molar-refractivity contribution in [2.75, 3.05) is 13.7 Å². The van der Waals surface area contributed by atoms with Crippen LogP contribution in [0, 0.1) is 0 Å². The summed E-state index contributed by atoms with van der Waals surface area (Å²) in [4.78, 5) is 15.2. The first-order valence-corrected chi connectivity index (χ1v) is 4.15. The van der Waals surface area contributed by atoms with Crippen molar-refractivity contribution in [3.63, 3.8) is 0 Å². The highest BCUT2D eigenvalue weighted by Gasteiger charge is 2.24. The monoisotopic (exact) mass is 170 g/mol. The van der Waals surface area contributed by atoms with Crippen molar-refractivity contribution >= 4 is 11.8 Å². The zero-order valence-electron chi connectivity index (χ0n) is 7.46. The Labute approximate surface area is 72.0 Å². The van der Waals surface area contributed by atoms with Crippen LogP contribution in [0.2, 0.25) is 0 Å². The van der Waals surface area contributed by atoms with Crippen LogP contribution >= 0.6 is 0 Å². The molecule has 1 aliphatic rings. The molecule has 0 aromatic heterocycles. The largest absolute Gasteiger partial charge is 0.467 e. The minimum atomic E-state index is -0.253. The van der Waals surface area contributed by atoms with E-state index in [2.05, 4.69) is 22.0 Å². The van der Waals surface area contributed by atoms with Crippen LogP contribution in [-0.2, 0) is 9.53 Å². The van der Waals surface area contributed by atoms with Crippen molar-refractivity contribution in [1.29, 1.82) is 0 Å². The first-order chi connectivity index (χ1) is 5.77. The number of hydrogen-bond donors (Lipinski definition) is 1. The Kier molecular flexibility index (Phi) is 3.08. The molecule has 0 saturated heterocycles. The van der Waals surface area contributed by atoms with Crippen molar-refractivity contribution < 1.29 is 9.53 Å². The maximum absolute atomic E-state index is 11.0. The third kappa shape index (κ3) is 1.96. The van der Waals surface area contributed by atoms with Gasteiger partial charge in [0.2, 0.25) is 0 Å². The third-order valence-corrected chi connectivity index (χ3v) is 1.78. The fourth-order valence-electron chi connectivity index (χ4n) is 1.16. The van der Waals surface area contributed by atoms with E-state index < -0.39 is 0 Å². The lowest BCUT2D eigenvalue weighted by molar-refractivity contribution is -0.142. The molecule has 1 heterocycles. The quantitative estimate of drug-likeness (QED) is 0.621. The highest BCUT2D eigenvalue weighted by molar-refractivity contribution is 5.90. The number of carbonyl (C=O) groups is 1. The molecule has 1 atom stereocenters. The number of carbonyl (C=O) groups excluding carboxylic acids is 1. The standard InChI is InChI=1S/C8H14N2O2/c1-3-4-7-9-5-6(10-7)8(11)12-2/h6H,3-5H2,1-2H3,(H,9,10). The second kappa shape index (κ2) is 4.09. The Morgan fingerprint density at radius 2 is 2.58 bits per heavy atom. The average Bonchev–Trinajstić information content (AvgIpc) is 2.52. The van der Waals surface area contributed by atoms with Gasteiger partial charge >= 0.3 is 5.97 Å². The molecule has 68 valence electrons. The van der Waals surface area contributed by atoms with Crippen LogP contribution < -0.4 is 5.32 Å². The first-order valence-electron chi connectivity index (χ1n) is 4.15. The fourth-order valence-corrected chi connectivity index (χ4v) is 1.16. The molecule has 0 fully saturated rings. The zero-order valence-corrected chi connectivity index (χ0v) is 7.46. The molecule has 0 aromatic rings. The number of nitrogens with zero attached hydrogens (tertiary/aromatic N) is 1. The molecular weight excluding hydrogens is 156 g/mol. The number of methoxy groups -OCH3 is 1. The number of ether oxygens (including phenoxy) is 1. The molecule has 0 aromatic carbocycles. The van der Waals surface area contributed by atoms with Gasteiger partial charge in [-0.1, -0.05) is 6.92 Å². The number of hydrogen-bond acceptors (Lipinski definition) is 4. The first kappa shape index (κ1) is 9.03. The molecular formula is C8H14N2O2. The zero-order chi connectivity index (χ0) is 8.97. The molecule has 0 amide bonds. The molecule has 0 saturated carbocycles.